The average Bonchev–Trinajstić information content (AvgIpc) is 2.16. The van der Waals surface area contributed by atoms with Gasteiger partial charge in [0.25, 0.3) is 12.1 Å². The molecule has 0 bridgehead atoms. The summed E-state index contributed by atoms with van der Waals surface area (Å²) >= 11 is 0. The first-order valence-electron chi connectivity index (χ1n) is 3.99. The maximum Gasteiger partial charge on any atom is 0.254 e. The summed E-state index contributed by atoms with van der Waals surface area (Å²) in [6, 6.07) is -0.446. The topological polar surface area (TPSA) is 27.2 Å². The van der Waals surface area contributed by atoms with Crippen molar-refractivity contribution >= 4 is 0 Å². The fraction of sp³-hybridized carbons (Fsp3) is 0.778. The summed E-state index contributed by atoms with van der Waals surface area (Å²) in [7, 11) is 3.11. The molecule has 0 saturated carbocycles. The average molecular weight is 182 g/mol. The molecule has 72 valence electrons. The molecular formula is C9H14N2O2. The summed E-state index contributed by atoms with van der Waals surface area (Å²) in [5.74, 6) is 0. The van der Waals surface area contributed by atoms with Gasteiger partial charge in [-0.3, -0.25) is 0 Å². The van der Waals surface area contributed by atoms with Crippen LogP contribution in [0, 0.1) is 13.1 Å². The van der Waals surface area contributed by atoms with Crippen LogP contribution in [-0.2, 0) is 9.47 Å². The van der Waals surface area contributed by atoms with Crippen LogP contribution >= 0.6 is 0 Å². The van der Waals surface area contributed by atoms with Gasteiger partial charge in [0.2, 0.25) is 0 Å². The molecule has 0 spiro atoms. The Morgan fingerprint density at radius 3 is 1.62 bits per heavy atom. The molecule has 0 radical (unpaired) electrons. The molecular weight excluding hydrogens is 168 g/mol. The monoisotopic (exact) mass is 182 g/mol. The first-order valence-corrected chi connectivity index (χ1v) is 3.99. The van der Waals surface area contributed by atoms with E-state index in [0.29, 0.717) is 19.6 Å². The normalized spacial score (nSPS) is 14.2. The number of methoxy groups -OCH3 is 2. The molecule has 2 unspecified atom stereocenters. The molecule has 0 aromatic rings. The quantitative estimate of drug-likeness (QED) is 0.578. The van der Waals surface area contributed by atoms with Crippen molar-refractivity contribution < 1.29 is 9.47 Å². The van der Waals surface area contributed by atoms with Crippen LogP contribution in [0.1, 0.15) is 6.42 Å². The van der Waals surface area contributed by atoms with Crippen LogP contribution in [0.3, 0.4) is 0 Å². The number of rotatable bonds is 6. The largest absolute Gasteiger partial charge is 0.377 e. The highest BCUT2D eigenvalue weighted by atomic mass is 16.5. The van der Waals surface area contributed by atoms with E-state index >= 15 is 0 Å². The van der Waals surface area contributed by atoms with Gasteiger partial charge in [-0.2, -0.15) is 0 Å². The van der Waals surface area contributed by atoms with E-state index in [0.717, 1.165) is 0 Å². The van der Waals surface area contributed by atoms with Gasteiger partial charge in [0.05, 0.1) is 0 Å². The summed E-state index contributed by atoms with van der Waals surface area (Å²) in [4.78, 5) is 6.75. The summed E-state index contributed by atoms with van der Waals surface area (Å²) in [5, 5.41) is 0. The van der Waals surface area contributed by atoms with Crippen LogP contribution in [0.2, 0.25) is 0 Å². The zero-order valence-electron chi connectivity index (χ0n) is 7.99. The first kappa shape index (κ1) is 11.9. The van der Waals surface area contributed by atoms with E-state index in [1.54, 1.807) is 14.2 Å². The summed E-state index contributed by atoms with van der Waals surface area (Å²) < 4.78 is 9.72. The Balaban J connectivity index is 3.91. The minimum atomic E-state index is -0.223. The molecule has 0 amide bonds. The highest BCUT2D eigenvalue weighted by Crippen LogP contribution is 2.07. The Labute approximate surface area is 79.1 Å². The van der Waals surface area contributed by atoms with Gasteiger partial charge in [0.1, 0.15) is 19.6 Å². The lowest BCUT2D eigenvalue weighted by molar-refractivity contribution is 0.164. The minimum absolute atomic E-state index is 0.223. The van der Waals surface area contributed by atoms with Crippen LogP contribution < -0.4 is 0 Å². The van der Waals surface area contributed by atoms with Crippen LogP contribution in [0.5, 0.6) is 0 Å². The zero-order valence-corrected chi connectivity index (χ0v) is 7.99. The van der Waals surface area contributed by atoms with Gasteiger partial charge in [0, 0.05) is 14.2 Å². The maximum atomic E-state index is 6.87. The molecule has 0 aliphatic rings. The highest BCUT2D eigenvalue weighted by Gasteiger charge is 2.23. The zero-order chi connectivity index (χ0) is 10.1. The Bertz CT molecular complexity index is 183. The van der Waals surface area contributed by atoms with Gasteiger partial charge >= 0.3 is 0 Å². The van der Waals surface area contributed by atoms with Crippen molar-refractivity contribution in [2.24, 2.45) is 0 Å². The van der Waals surface area contributed by atoms with Crippen molar-refractivity contribution in [2.75, 3.05) is 27.4 Å². The third kappa shape index (κ3) is 5.19. The smallest absolute Gasteiger partial charge is 0.254 e. The number of hydrogen-bond donors (Lipinski definition) is 0. The van der Waals surface area contributed by atoms with Gasteiger partial charge in [0.15, 0.2) is 0 Å². The lowest BCUT2D eigenvalue weighted by Crippen LogP contribution is -2.20. The second-order valence-corrected chi connectivity index (χ2v) is 2.71. The molecule has 4 nitrogen and oxygen atoms in total. The molecule has 0 aromatic carbocycles. The lowest BCUT2D eigenvalue weighted by Gasteiger charge is -2.05. The molecule has 0 fully saturated rings. The molecule has 13 heavy (non-hydrogen) atoms. The third-order valence-corrected chi connectivity index (χ3v) is 1.63. The summed E-state index contributed by atoms with van der Waals surface area (Å²) in [5.41, 5.74) is 0. The predicted octanol–water partition coefficient (Wildman–Crippen LogP) is 1.25. The fourth-order valence-electron chi connectivity index (χ4n) is 1.01. The van der Waals surface area contributed by atoms with Crippen molar-refractivity contribution in [3.05, 3.63) is 22.8 Å². The fourth-order valence-corrected chi connectivity index (χ4v) is 1.01. The second kappa shape index (κ2) is 7.54. The van der Waals surface area contributed by atoms with Crippen molar-refractivity contribution in [2.45, 2.75) is 18.5 Å². The van der Waals surface area contributed by atoms with Crippen LogP contribution in [0.25, 0.3) is 9.69 Å². The van der Waals surface area contributed by atoms with E-state index in [9.17, 15) is 0 Å². The van der Waals surface area contributed by atoms with Gasteiger partial charge in [-0.25, -0.2) is 13.1 Å². The Morgan fingerprint density at radius 1 is 1.00 bits per heavy atom. The second-order valence-electron chi connectivity index (χ2n) is 2.71. The number of ether oxygens (including phenoxy) is 2. The molecule has 4 heteroatoms. The summed E-state index contributed by atoms with van der Waals surface area (Å²) in [6.45, 7) is 14.5. The van der Waals surface area contributed by atoms with Crippen molar-refractivity contribution in [1.29, 1.82) is 0 Å². The minimum Gasteiger partial charge on any atom is -0.377 e. The van der Waals surface area contributed by atoms with E-state index < -0.39 is 0 Å². The van der Waals surface area contributed by atoms with E-state index in [1.165, 1.54) is 0 Å². The molecule has 0 N–H and O–H groups in total. The van der Waals surface area contributed by atoms with Crippen LogP contribution in [0.4, 0.5) is 0 Å². The van der Waals surface area contributed by atoms with Gasteiger partial charge in [-0.1, -0.05) is 0 Å². The van der Waals surface area contributed by atoms with Gasteiger partial charge < -0.3 is 19.2 Å². The maximum absolute atomic E-state index is 6.87. The van der Waals surface area contributed by atoms with Crippen molar-refractivity contribution in [3.8, 4) is 0 Å². The van der Waals surface area contributed by atoms with Crippen LogP contribution in [-0.4, -0.2) is 39.5 Å². The molecule has 0 heterocycles. The van der Waals surface area contributed by atoms with Crippen molar-refractivity contribution in [3.63, 3.8) is 0 Å². The number of nitrogens with zero attached hydrogens (tertiary/aromatic N) is 2. The molecule has 0 aliphatic heterocycles. The standard InChI is InChI=1S/C9H14N2O2/c1-10-8(6-12-3)5-9(11-2)7-13-4/h8-9H,5-7H2,3-4H3. The SMILES string of the molecule is [C-]#[N+]C(COC)CC(COC)[N+]#[C-]. The van der Waals surface area contributed by atoms with Gasteiger partial charge in [-0.15, -0.1) is 0 Å². The number of hydrogen-bond acceptors (Lipinski definition) is 2. The predicted molar refractivity (Wildman–Crippen MR) is 49.1 cm³/mol. The lowest BCUT2D eigenvalue weighted by atomic mass is 10.1. The Kier molecular flexibility index (Phi) is 6.91. The Hall–Kier alpha value is -1.10. The van der Waals surface area contributed by atoms with Crippen molar-refractivity contribution in [1.82, 2.24) is 0 Å². The Morgan fingerprint density at radius 2 is 1.38 bits per heavy atom. The molecule has 0 saturated heterocycles. The van der Waals surface area contributed by atoms with Gasteiger partial charge in [-0.05, 0) is 0 Å². The van der Waals surface area contributed by atoms with E-state index in [2.05, 4.69) is 9.69 Å². The molecule has 2 atom stereocenters. The molecule has 0 aliphatic carbocycles. The third-order valence-electron chi connectivity index (χ3n) is 1.63. The molecule has 0 aromatic heterocycles. The van der Waals surface area contributed by atoms with E-state index in [-0.39, 0.29) is 12.1 Å². The van der Waals surface area contributed by atoms with E-state index in [1.807, 2.05) is 0 Å². The van der Waals surface area contributed by atoms with Crippen LogP contribution in [0.15, 0.2) is 0 Å². The first-order chi connectivity index (χ1) is 6.28. The van der Waals surface area contributed by atoms with E-state index in [4.69, 9.17) is 22.6 Å². The highest BCUT2D eigenvalue weighted by molar-refractivity contribution is 4.89. The molecule has 0 rings (SSSR count). The summed E-state index contributed by atoms with van der Waals surface area (Å²) in [6.07, 6.45) is 0.523.